The van der Waals surface area contributed by atoms with E-state index in [4.69, 9.17) is 42.6 Å². The van der Waals surface area contributed by atoms with Gasteiger partial charge in [-0.2, -0.15) is 0 Å². The van der Waals surface area contributed by atoms with E-state index in [1.54, 1.807) is 0 Å². The monoisotopic (exact) mass is 812 g/mol. The summed E-state index contributed by atoms with van der Waals surface area (Å²) < 4.78 is 50.5. The largest absolute Gasteiger partial charge is 0.394 e. The van der Waals surface area contributed by atoms with Gasteiger partial charge in [0.15, 0.2) is 31.5 Å². The minimum Gasteiger partial charge on any atom is -0.394 e. The van der Waals surface area contributed by atoms with Crippen molar-refractivity contribution in [3.63, 3.8) is 0 Å². The van der Waals surface area contributed by atoms with Crippen molar-refractivity contribution in [1.29, 1.82) is 0 Å². The molecule has 25 heteroatoms. The molecule has 5 fully saturated rings. The number of aliphatic hydroxyl groups excluding tert-OH is 16. The third-order valence-electron chi connectivity index (χ3n) is 10.3. The molecule has 25 nitrogen and oxygen atoms in total. The SMILES string of the molecule is C[C@@H]1O[C@@H](O[C@H]2[C@H](O)[C@@H](O)[C@H](O[C@H]3[C@H](O)[C@@H](CO)O[C@@H](O[C@@H]4[C@H](O)[C@@H](O)C(O)O[C@@H]4CO)[C@@H]3O[C@@H]3O[C@H](CO)[C@@H](O)[C@H](O)[C@H]3O)O[C@@H]2CO)[C@H](O)[C@H](O)[C@H]1O. The molecule has 5 aliphatic heterocycles. The predicted molar refractivity (Wildman–Crippen MR) is 165 cm³/mol. The van der Waals surface area contributed by atoms with Gasteiger partial charge in [0.1, 0.15) is 116 Å². The Morgan fingerprint density at radius 3 is 1.27 bits per heavy atom. The minimum atomic E-state index is -2.15. The molecule has 25 atom stereocenters. The van der Waals surface area contributed by atoms with Crippen LogP contribution in [0.2, 0.25) is 0 Å². The van der Waals surface area contributed by atoms with Crippen LogP contribution in [0.4, 0.5) is 0 Å². The van der Waals surface area contributed by atoms with Crippen molar-refractivity contribution in [1.82, 2.24) is 0 Å². The maximum Gasteiger partial charge on any atom is 0.187 e. The lowest BCUT2D eigenvalue weighted by Crippen LogP contribution is -2.69. The molecule has 5 heterocycles. The fourth-order valence-corrected chi connectivity index (χ4v) is 6.94. The van der Waals surface area contributed by atoms with Crippen LogP contribution in [0.5, 0.6) is 0 Å². The zero-order chi connectivity index (χ0) is 40.6. The first-order valence-corrected chi connectivity index (χ1v) is 17.5. The normalized spacial score (nSPS) is 53.9. The number of rotatable bonds is 12. The molecule has 5 saturated heterocycles. The van der Waals surface area contributed by atoms with Gasteiger partial charge >= 0.3 is 0 Å². The Bertz CT molecular complexity index is 1190. The second-order valence-electron chi connectivity index (χ2n) is 13.9. The quantitative estimate of drug-likeness (QED) is 0.0870. The molecule has 0 radical (unpaired) electrons. The molecule has 0 amide bonds. The van der Waals surface area contributed by atoms with Gasteiger partial charge < -0.3 is 124 Å². The summed E-state index contributed by atoms with van der Waals surface area (Å²) in [5.74, 6) is 0. The third kappa shape index (κ3) is 9.11. The fourth-order valence-electron chi connectivity index (χ4n) is 6.94. The van der Waals surface area contributed by atoms with Crippen LogP contribution >= 0.6 is 0 Å². The second kappa shape index (κ2) is 18.9. The summed E-state index contributed by atoms with van der Waals surface area (Å²) in [6, 6.07) is 0. The summed E-state index contributed by atoms with van der Waals surface area (Å²) in [7, 11) is 0. The Morgan fingerprint density at radius 1 is 0.327 bits per heavy atom. The van der Waals surface area contributed by atoms with Gasteiger partial charge in [0, 0.05) is 0 Å². The van der Waals surface area contributed by atoms with E-state index in [9.17, 15) is 81.7 Å². The molecular formula is C30H52O25. The molecule has 5 rings (SSSR count). The molecule has 0 aliphatic carbocycles. The van der Waals surface area contributed by atoms with Gasteiger partial charge in [0.2, 0.25) is 0 Å². The van der Waals surface area contributed by atoms with Crippen LogP contribution in [0.15, 0.2) is 0 Å². The van der Waals surface area contributed by atoms with E-state index in [0.717, 1.165) is 0 Å². The summed E-state index contributed by atoms with van der Waals surface area (Å²) in [5, 5.41) is 167. The van der Waals surface area contributed by atoms with E-state index in [1.165, 1.54) is 6.92 Å². The number of ether oxygens (including phenoxy) is 9. The van der Waals surface area contributed by atoms with Crippen molar-refractivity contribution in [3.05, 3.63) is 0 Å². The van der Waals surface area contributed by atoms with Crippen LogP contribution in [0.3, 0.4) is 0 Å². The molecule has 0 saturated carbocycles. The van der Waals surface area contributed by atoms with Crippen molar-refractivity contribution in [3.8, 4) is 0 Å². The molecule has 55 heavy (non-hydrogen) atoms. The first-order chi connectivity index (χ1) is 26.0. The number of aliphatic hydroxyl groups is 16. The van der Waals surface area contributed by atoms with E-state index in [0.29, 0.717) is 0 Å². The Hall–Kier alpha value is -1.00. The highest BCUT2D eigenvalue weighted by Crippen LogP contribution is 2.37. The van der Waals surface area contributed by atoms with E-state index in [1.807, 2.05) is 0 Å². The molecule has 322 valence electrons. The predicted octanol–water partition coefficient (Wildman–Crippen LogP) is -10.9. The highest BCUT2D eigenvalue weighted by molar-refractivity contribution is 4.99. The van der Waals surface area contributed by atoms with E-state index < -0.39 is 180 Å². The van der Waals surface area contributed by atoms with Crippen molar-refractivity contribution < 1.29 is 124 Å². The highest BCUT2D eigenvalue weighted by atomic mass is 16.8. The summed E-state index contributed by atoms with van der Waals surface area (Å²) in [5.41, 5.74) is 0. The summed E-state index contributed by atoms with van der Waals surface area (Å²) in [4.78, 5) is 0. The Kier molecular flexibility index (Phi) is 15.5. The van der Waals surface area contributed by atoms with Gasteiger partial charge in [-0.25, -0.2) is 0 Å². The molecule has 0 spiro atoms. The lowest BCUT2D eigenvalue weighted by molar-refractivity contribution is -0.408. The summed E-state index contributed by atoms with van der Waals surface area (Å²) >= 11 is 0. The molecule has 16 N–H and O–H groups in total. The van der Waals surface area contributed by atoms with Crippen LogP contribution in [-0.2, 0) is 42.6 Å². The first kappa shape index (κ1) is 45.1. The molecular weight excluding hydrogens is 760 g/mol. The van der Waals surface area contributed by atoms with E-state index in [-0.39, 0.29) is 0 Å². The Morgan fingerprint density at radius 2 is 0.709 bits per heavy atom. The van der Waals surface area contributed by atoms with Gasteiger partial charge in [-0.15, -0.1) is 0 Å². The molecule has 1 unspecified atom stereocenters. The average molecular weight is 813 g/mol. The first-order valence-electron chi connectivity index (χ1n) is 17.5. The fraction of sp³-hybridized carbons (Fsp3) is 1.00. The van der Waals surface area contributed by atoms with Crippen LogP contribution < -0.4 is 0 Å². The molecule has 0 bridgehead atoms. The zero-order valence-electron chi connectivity index (χ0n) is 29.1. The lowest BCUT2D eigenvalue weighted by Gasteiger charge is -2.51. The van der Waals surface area contributed by atoms with Crippen LogP contribution in [0, 0.1) is 0 Å². The second-order valence-corrected chi connectivity index (χ2v) is 13.9. The maximum atomic E-state index is 11.4. The van der Waals surface area contributed by atoms with Gasteiger partial charge in [0.05, 0.1) is 32.5 Å². The van der Waals surface area contributed by atoms with Crippen molar-refractivity contribution in [2.45, 2.75) is 160 Å². The lowest BCUT2D eigenvalue weighted by atomic mass is 9.95. The van der Waals surface area contributed by atoms with Crippen LogP contribution in [-0.4, -0.2) is 262 Å². The van der Waals surface area contributed by atoms with Crippen LogP contribution in [0.25, 0.3) is 0 Å². The van der Waals surface area contributed by atoms with Crippen molar-refractivity contribution in [2.24, 2.45) is 0 Å². The highest BCUT2D eigenvalue weighted by Gasteiger charge is 2.57. The summed E-state index contributed by atoms with van der Waals surface area (Å²) in [6.07, 6.45) is -46.1. The van der Waals surface area contributed by atoms with Gasteiger partial charge in [-0.05, 0) is 6.92 Å². The number of hydrogen-bond acceptors (Lipinski definition) is 25. The van der Waals surface area contributed by atoms with Crippen molar-refractivity contribution >= 4 is 0 Å². The van der Waals surface area contributed by atoms with Gasteiger partial charge in [-0.1, -0.05) is 0 Å². The zero-order valence-corrected chi connectivity index (χ0v) is 29.1. The van der Waals surface area contributed by atoms with E-state index >= 15 is 0 Å². The van der Waals surface area contributed by atoms with Crippen LogP contribution in [0.1, 0.15) is 6.92 Å². The molecule has 0 aromatic carbocycles. The average Bonchev–Trinajstić information content (AvgIpc) is 3.17. The van der Waals surface area contributed by atoms with Crippen molar-refractivity contribution in [2.75, 3.05) is 26.4 Å². The molecule has 0 aromatic heterocycles. The third-order valence-corrected chi connectivity index (χ3v) is 10.3. The van der Waals surface area contributed by atoms with Gasteiger partial charge in [-0.3, -0.25) is 0 Å². The van der Waals surface area contributed by atoms with E-state index in [2.05, 4.69) is 0 Å². The topological polar surface area (TPSA) is 407 Å². The Labute approximate surface area is 311 Å². The smallest absolute Gasteiger partial charge is 0.187 e. The molecule has 5 aliphatic rings. The minimum absolute atomic E-state index is 0.905. The summed E-state index contributed by atoms with van der Waals surface area (Å²) in [6.45, 7) is -2.42. The number of hydrogen-bond donors (Lipinski definition) is 16. The standard InChI is InChI=1S/C30H52O25/c1-6-11(35)14(38)19(43)27(47-6)52-23-10(5-34)51-29(21(45)17(23)41)54-24-13(37)8(3-32)50-30(53-22-9(4-33)48-26(46)18(42)16(22)40)25(24)55-28-20(44)15(39)12(36)7(2-31)49-28/h6-46H,2-5H2,1H3/t6-,7+,8+,9+,10+,11-,12+,13+,14+,15-,16+,17+,18+,19+,20+,21+,22-,23+,24-,25+,26?,27-,28-,29-,30-/m0/s1. The maximum absolute atomic E-state index is 11.4. The Balaban J connectivity index is 1.44. The van der Waals surface area contributed by atoms with Gasteiger partial charge in [0.25, 0.3) is 0 Å². The molecule has 0 aromatic rings.